The number of methoxy groups -OCH3 is 1. The lowest BCUT2D eigenvalue weighted by molar-refractivity contribution is -0.117. The largest absolute Gasteiger partial charge is 0.495 e. The number of benzene rings is 2. The first-order valence-corrected chi connectivity index (χ1v) is 9.66. The molecule has 1 aliphatic heterocycles. The van der Waals surface area contributed by atoms with Gasteiger partial charge in [0.05, 0.1) is 24.9 Å². The van der Waals surface area contributed by atoms with Crippen LogP contribution in [-0.2, 0) is 4.79 Å². The highest BCUT2D eigenvalue weighted by molar-refractivity contribution is 6.31. The van der Waals surface area contributed by atoms with Crippen LogP contribution in [0.4, 0.5) is 10.1 Å². The number of hydrogen-bond donors (Lipinski definition) is 1. The number of carbonyl (C=O) groups is 2. The van der Waals surface area contributed by atoms with E-state index in [1.54, 1.807) is 12.0 Å². The SMILES string of the molecule is COc1ccc(C)cc1NC(=O)CN1CCN(C(=O)c2cc(Cl)ccc2F)CC1. The smallest absolute Gasteiger partial charge is 0.256 e. The lowest BCUT2D eigenvalue weighted by atomic mass is 10.1. The molecule has 0 aromatic heterocycles. The number of nitrogens with one attached hydrogen (secondary N) is 1. The van der Waals surface area contributed by atoms with Crippen molar-refractivity contribution < 1.29 is 18.7 Å². The molecule has 6 nitrogen and oxygen atoms in total. The van der Waals surface area contributed by atoms with Gasteiger partial charge in [0.2, 0.25) is 5.91 Å². The molecule has 154 valence electrons. The van der Waals surface area contributed by atoms with Crippen LogP contribution in [0.15, 0.2) is 36.4 Å². The van der Waals surface area contributed by atoms with Gasteiger partial charge in [0.1, 0.15) is 11.6 Å². The zero-order valence-electron chi connectivity index (χ0n) is 16.4. The van der Waals surface area contributed by atoms with E-state index in [0.717, 1.165) is 5.56 Å². The second-order valence-corrected chi connectivity index (χ2v) is 7.38. The summed E-state index contributed by atoms with van der Waals surface area (Å²) in [6, 6.07) is 9.52. The van der Waals surface area contributed by atoms with Crippen molar-refractivity contribution in [1.82, 2.24) is 9.80 Å². The van der Waals surface area contributed by atoms with Crippen molar-refractivity contribution in [3.05, 3.63) is 58.4 Å². The minimum atomic E-state index is -0.590. The Balaban J connectivity index is 1.54. The van der Waals surface area contributed by atoms with Crippen LogP contribution in [0.1, 0.15) is 15.9 Å². The molecule has 1 heterocycles. The summed E-state index contributed by atoms with van der Waals surface area (Å²) in [5.41, 5.74) is 1.61. The Morgan fingerprint density at radius 2 is 1.86 bits per heavy atom. The zero-order valence-corrected chi connectivity index (χ0v) is 17.1. The molecule has 1 N–H and O–H groups in total. The van der Waals surface area contributed by atoms with Crippen LogP contribution >= 0.6 is 11.6 Å². The highest BCUT2D eigenvalue weighted by Crippen LogP contribution is 2.25. The van der Waals surface area contributed by atoms with Gasteiger partial charge in [0.15, 0.2) is 0 Å². The summed E-state index contributed by atoms with van der Waals surface area (Å²) in [5, 5.41) is 3.19. The van der Waals surface area contributed by atoms with Gasteiger partial charge in [-0.15, -0.1) is 0 Å². The minimum absolute atomic E-state index is 0.0322. The first kappa shape index (κ1) is 21.1. The number of ether oxygens (including phenoxy) is 1. The summed E-state index contributed by atoms with van der Waals surface area (Å²) < 4.78 is 19.2. The standard InChI is InChI=1S/C21H23ClFN3O3/c1-14-3-6-19(29-2)18(11-14)24-20(27)13-25-7-9-26(10-8-25)21(28)16-12-15(22)4-5-17(16)23/h3-6,11-12H,7-10,13H2,1-2H3,(H,24,27). The predicted octanol–water partition coefficient (Wildman–Crippen LogP) is 3.19. The van der Waals surface area contributed by atoms with Gasteiger partial charge < -0.3 is 15.0 Å². The number of aryl methyl sites for hydroxylation is 1. The van der Waals surface area contributed by atoms with Gasteiger partial charge in [-0.1, -0.05) is 17.7 Å². The molecule has 0 radical (unpaired) electrons. The fourth-order valence-corrected chi connectivity index (χ4v) is 3.43. The molecule has 0 spiro atoms. The number of carbonyl (C=O) groups excluding carboxylic acids is 2. The van der Waals surface area contributed by atoms with Crippen molar-refractivity contribution in [3.63, 3.8) is 0 Å². The summed E-state index contributed by atoms with van der Waals surface area (Å²) in [7, 11) is 1.55. The van der Waals surface area contributed by atoms with Crippen molar-refractivity contribution in [2.24, 2.45) is 0 Å². The van der Waals surface area contributed by atoms with Gasteiger partial charge >= 0.3 is 0 Å². The average Bonchev–Trinajstić information content (AvgIpc) is 2.70. The molecule has 1 fully saturated rings. The third-order valence-electron chi connectivity index (χ3n) is 4.81. The van der Waals surface area contributed by atoms with Crippen LogP contribution in [0.5, 0.6) is 5.75 Å². The number of rotatable bonds is 5. The molecule has 0 atom stereocenters. The molecule has 1 aliphatic rings. The molecule has 0 aliphatic carbocycles. The molecular weight excluding hydrogens is 397 g/mol. The quantitative estimate of drug-likeness (QED) is 0.808. The van der Waals surface area contributed by atoms with E-state index < -0.39 is 11.7 Å². The second-order valence-electron chi connectivity index (χ2n) is 6.94. The van der Waals surface area contributed by atoms with E-state index in [-0.39, 0.29) is 18.0 Å². The van der Waals surface area contributed by atoms with Crippen molar-refractivity contribution in [1.29, 1.82) is 0 Å². The van der Waals surface area contributed by atoms with Crippen LogP contribution < -0.4 is 10.1 Å². The van der Waals surface area contributed by atoms with Gasteiger partial charge in [-0.05, 0) is 42.8 Å². The van der Waals surface area contributed by atoms with Crippen molar-refractivity contribution in [2.45, 2.75) is 6.92 Å². The number of amides is 2. The van der Waals surface area contributed by atoms with Crippen LogP contribution in [0.2, 0.25) is 5.02 Å². The van der Waals surface area contributed by atoms with Crippen molar-refractivity contribution in [2.75, 3.05) is 45.2 Å². The fourth-order valence-electron chi connectivity index (χ4n) is 3.25. The van der Waals surface area contributed by atoms with Crippen LogP contribution in [0.3, 0.4) is 0 Å². The Kier molecular flexibility index (Phi) is 6.71. The highest BCUT2D eigenvalue weighted by Gasteiger charge is 2.25. The van der Waals surface area contributed by atoms with Crippen LogP contribution in [0, 0.1) is 12.7 Å². The molecule has 0 unspecified atom stereocenters. The van der Waals surface area contributed by atoms with Crippen molar-refractivity contribution in [3.8, 4) is 5.75 Å². The topological polar surface area (TPSA) is 61.9 Å². The molecule has 2 amide bonds. The van der Waals surface area contributed by atoms with Gasteiger partial charge in [-0.3, -0.25) is 14.5 Å². The van der Waals surface area contributed by atoms with Gasteiger partial charge in [0, 0.05) is 31.2 Å². The Morgan fingerprint density at radius 1 is 1.14 bits per heavy atom. The monoisotopic (exact) mass is 419 g/mol. The summed E-state index contributed by atoms with van der Waals surface area (Å²) in [4.78, 5) is 28.5. The average molecular weight is 420 g/mol. The maximum absolute atomic E-state index is 13.9. The molecule has 1 saturated heterocycles. The summed E-state index contributed by atoms with van der Waals surface area (Å²) in [5.74, 6) is -0.538. The Bertz CT molecular complexity index is 914. The third kappa shape index (κ3) is 5.25. The van der Waals surface area contributed by atoms with E-state index in [4.69, 9.17) is 16.3 Å². The molecule has 0 saturated carbocycles. The van der Waals surface area contributed by atoms with Gasteiger partial charge in [-0.25, -0.2) is 4.39 Å². The summed E-state index contributed by atoms with van der Waals surface area (Å²) >= 11 is 5.88. The number of piperazine rings is 1. The molecule has 2 aromatic carbocycles. The second kappa shape index (κ2) is 9.24. The highest BCUT2D eigenvalue weighted by atomic mass is 35.5. The molecule has 3 rings (SSSR count). The van der Waals surface area contributed by atoms with E-state index in [2.05, 4.69) is 5.32 Å². The van der Waals surface area contributed by atoms with Crippen molar-refractivity contribution >= 4 is 29.1 Å². The lowest BCUT2D eigenvalue weighted by Crippen LogP contribution is -2.50. The van der Waals surface area contributed by atoms with E-state index in [1.165, 1.54) is 18.2 Å². The Hall–Kier alpha value is -2.64. The predicted molar refractivity (Wildman–Crippen MR) is 110 cm³/mol. The normalized spacial score (nSPS) is 14.6. The van der Waals surface area contributed by atoms with Crippen LogP contribution in [0.25, 0.3) is 0 Å². The molecule has 2 aromatic rings. The summed E-state index contributed by atoms with van der Waals surface area (Å²) in [6.45, 7) is 4.00. The molecule has 0 bridgehead atoms. The van der Waals surface area contributed by atoms with E-state index in [0.29, 0.717) is 42.6 Å². The fraction of sp³-hybridized carbons (Fsp3) is 0.333. The maximum atomic E-state index is 13.9. The number of anilines is 1. The number of halogens is 2. The van der Waals surface area contributed by atoms with E-state index >= 15 is 0 Å². The van der Waals surface area contributed by atoms with Crippen LogP contribution in [-0.4, -0.2) is 61.4 Å². The Labute approximate surface area is 174 Å². The third-order valence-corrected chi connectivity index (χ3v) is 5.05. The molecule has 8 heteroatoms. The van der Waals surface area contributed by atoms with E-state index in [9.17, 15) is 14.0 Å². The maximum Gasteiger partial charge on any atom is 0.256 e. The van der Waals surface area contributed by atoms with Gasteiger partial charge in [0.25, 0.3) is 5.91 Å². The molecular formula is C21H23ClFN3O3. The minimum Gasteiger partial charge on any atom is -0.495 e. The summed E-state index contributed by atoms with van der Waals surface area (Å²) in [6.07, 6.45) is 0. The molecule has 29 heavy (non-hydrogen) atoms. The first-order chi connectivity index (χ1) is 13.9. The number of hydrogen-bond acceptors (Lipinski definition) is 4. The zero-order chi connectivity index (χ0) is 21.0. The van der Waals surface area contributed by atoms with Gasteiger partial charge in [-0.2, -0.15) is 0 Å². The Morgan fingerprint density at radius 3 is 2.55 bits per heavy atom. The van der Waals surface area contributed by atoms with E-state index in [1.807, 2.05) is 30.0 Å². The lowest BCUT2D eigenvalue weighted by Gasteiger charge is -2.34. The first-order valence-electron chi connectivity index (χ1n) is 9.28. The number of nitrogens with zero attached hydrogens (tertiary/aromatic N) is 2.